The summed E-state index contributed by atoms with van der Waals surface area (Å²) in [6, 6.07) is 7.89. The number of nitrogens with zero attached hydrogens (tertiary/aromatic N) is 3. The van der Waals surface area contributed by atoms with E-state index in [0.717, 1.165) is 21.8 Å². The molecule has 0 spiro atoms. The second kappa shape index (κ2) is 8.55. The van der Waals surface area contributed by atoms with Crippen molar-refractivity contribution >= 4 is 46.3 Å². The zero-order valence-corrected chi connectivity index (χ0v) is 16.2. The first-order chi connectivity index (χ1) is 12.6. The monoisotopic (exact) mass is 389 g/mol. The van der Waals surface area contributed by atoms with Crippen molar-refractivity contribution in [2.45, 2.75) is 18.9 Å². The Hall–Kier alpha value is -2.06. The summed E-state index contributed by atoms with van der Waals surface area (Å²) in [4.78, 5) is 34.4. The van der Waals surface area contributed by atoms with E-state index >= 15 is 0 Å². The molecule has 1 saturated heterocycles. The summed E-state index contributed by atoms with van der Waals surface area (Å²) < 4.78 is 4.93. The van der Waals surface area contributed by atoms with Gasteiger partial charge in [-0.3, -0.25) is 4.79 Å². The van der Waals surface area contributed by atoms with Crippen LogP contribution in [-0.2, 0) is 14.3 Å². The van der Waals surface area contributed by atoms with Gasteiger partial charge in [0.15, 0.2) is 0 Å². The van der Waals surface area contributed by atoms with Crippen LogP contribution in [0.2, 0.25) is 0 Å². The fourth-order valence-electron chi connectivity index (χ4n) is 2.56. The predicted octanol–water partition coefficient (Wildman–Crippen LogP) is 3.01. The van der Waals surface area contributed by atoms with Gasteiger partial charge in [0, 0.05) is 17.7 Å². The van der Waals surface area contributed by atoms with Gasteiger partial charge in [0.1, 0.15) is 10.9 Å². The van der Waals surface area contributed by atoms with Crippen molar-refractivity contribution < 1.29 is 14.3 Å². The van der Waals surface area contributed by atoms with E-state index in [4.69, 9.17) is 4.74 Å². The number of ether oxygens (including phenoxy) is 1. The van der Waals surface area contributed by atoms with Gasteiger partial charge in [0.05, 0.1) is 29.0 Å². The number of para-hydroxylation sites is 1. The minimum atomic E-state index is -0.417. The molecule has 0 unspecified atom stereocenters. The molecule has 1 aliphatic rings. The number of carbonyl (C=O) groups is 2. The molecule has 1 aromatic carbocycles. The summed E-state index contributed by atoms with van der Waals surface area (Å²) in [7, 11) is 0. The SMILES string of the molecule is CCOC(=O)/C=C1\SCC(=O)N1CCSc1nc(C)nc2ccccc12. The third-order valence-corrected chi connectivity index (χ3v) is 5.67. The van der Waals surface area contributed by atoms with Crippen molar-refractivity contribution in [1.29, 1.82) is 0 Å². The van der Waals surface area contributed by atoms with Crippen LogP contribution < -0.4 is 0 Å². The van der Waals surface area contributed by atoms with E-state index in [9.17, 15) is 9.59 Å². The molecule has 26 heavy (non-hydrogen) atoms. The fourth-order valence-corrected chi connectivity index (χ4v) is 4.50. The van der Waals surface area contributed by atoms with Gasteiger partial charge in [-0.1, -0.05) is 30.0 Å². The summed E-state index contributed by atoms with van der Waals surface area (Å²) in [6.45, 7) is 4.46. The van der Waals surface area contributed by atoms with Gasteiger partial charge < -0.3 is 9.64 Å². The molecule has 2 heterocycles. The van der Waals surface area contributed by atoms with E-state index in [0.29, 0.717) is 29.7 Å². The molecule has 0 saturated carbocycles. The molecule has 0 aliphatic carbocycles. The number of amides is 1. The molecule has 0 N–H and O–H groups in total. The highest BCUT2D eigenvalue weighted by molar-refractivity contribution is 8.04. The van der Waals surface area contributed by atoms with Crippen LogP contribution in [0.25, 0.3) is 10.9 Å². The van der Waals surface area contributed by atoms with Gasteiger partial charge in [0.25, 0.3) is 0 Å². The van der Waals surface area contributed by atoms with Crippen LogP contribution in [0.5, 0.6) is 0 Å². The fraction of sp³-hybridized carbons (Fsp3) is 0.333. The lowest BCUT2D eigenvalue weighted by Crippen LogP contribution is -2.27. The Morgan fingerprint density at radius 2 is 2.19 bits per heavy atom. The maximum atomic E-state index is 12.1. The maximum absolute atomic E-state index is 12.1. The van der Waals surface area contributed by atoms with Crippen molar-refractivity contribution in [3.05, 3.63) is 41.2 Å². The smallest absolute Gasteiger partial charge is 0.333 e. The third-order valence-electron chi connectivity index (χ3n) is 3.67. The highest BCUT2D eigenvalue weighted by Gasteiger charge is 2.27. The third kappa shape index (κ3) is 4.37. The van der Waals surface area contributed by atoms with Gasteiger partial charge in [0.2, 0.25) is 5.91 Å². The minimum absolute atomic E-state index is 0.00914. The molecule has 136 valence electrons. The normalized spacial score (nSPS) is 15.8. The molecule has 8 heteroatoms. The summed E-state index contributed by atoms with van der Waals surface area (Å²) in [5.74, 6) is 1.34. The highest BCUT2D eigenvalue weighted by Crippen LogP contribution is 2.30. The van der Waals surface area contributed by atoms with Gasteiger partial charge in [-0.2, -0.15) is 0 Å². The maximum Gasteiger partial charge on any atom is 0.333 e. The Labute approximate surface area is 160 Å². The Morgan fingerprint density at radius 3 is 3.00 bits per heavy atom. The van der Waals surface area contributed by atoms with Crippen molar-refractivity contribution in [2.75, 3.05) is 24.7 Å². The first-order valence-electron chi connectivity index (χ1n) is 8.26. The van der Waals surface area contributed by atoms with Crippen molar-refractivity contribution in [3.63, 3.8) is 0 Å². The van der Waals surface area contributed by atoms with Gasteiger partial charge in [-0.05, 0) is 19.9 Å². The molecular weight excluding hydrogens is 370 g/mol. The predicted molar refractivity (Wildman–Crippen MR) is 104 cm³/mol. The number of benzene rings is 1. The molecule has 1 aromatic heterocycles. The second-order valence-corrected chi connectivity index (χ2v) is 7.59. The average molecular weight is 390 g/mol. The minimum Gasteiger partial charge on any atom is -0.463 e. The Bertz CT molecular complexity index is 870. The topological polar surface area (TPSA) is 72.4 Å². The van der Waals surface area contributed by atoms with Crippen LogP contribution in [-0.4, -0.2) is 51.4 Å². The molecule has 0 atom stereocenters. The molecule has 0 bridgehead atoms. The van der Waals surface area contributed by atoms with Crippen molar-refractivity contribution in [2.24, 2.45) is 0 Å². The van der Waals surface area contributed by atoms with Crippen LogP contribution in [0.15, 0.2) is 40.4 Å². The molecule has 0 radical (unpaired) electrons. The number of hydrogen-bond donors (Lipinski definition) is 0. The Morgan fingerprint density at radius 1 is 1.38 bits per heavy atom. The molecular formula is C18H19N3O3S2. The standard InChI is InChI=1S/C18H19N3O3S2/c1-3-24-17(23)10-16-21(15(22)11-26-16)8-9-25-18-13-6-4-5-7-14(13)19-12(2)20-18/h4-7,10H,3,8-9,11H2,1-2H3/b16-10-. The average Bonchev–Trinajstić information content (AvgIpc) is 2.95. The molecule has 1 aliphatic heterocycles. The molecule has 1 amide bonds. The van der Waals surface area contributed by atoms with E-state index in [1.54, 1.807) is 23.6 Å². The number of fused-ring (bicyclic) bond motifs is 1. The van der Waals surface area contributed by atoms with Crippen LogP contribution in [0, 0.1) is 6.92 Å². The molecule has 1 fully saturated rings. The second-order valence-electron chi connectivity index (χ2n) is 5.51. The number of aryl methyl sites for hydroxylation is 1. The number of aromatic nitrogens is 2. The number of esters is 1. The molecule has 6 nitrogen and oxygen atoms in total. The van der Waals surface area contributed by atoms with E-state index in [2.05, 4.69) is 9.97 Å². The summed E-state index contributed by atoms with van der Waals surface area (Å²) in [5, 5.41) is 2.56. The van der Waals surface area contributed by atoms with E-state index in [1.165, 1.54) is 17.8 Å². The van der Waals surface area contributed by atoms with Crippen molar-refractivity contribution in [3.8, 4) is 0 Å². The Balaban J connectivity index is 1.69. The van der Waals surface area contributed by atoms with E-state index in [1.807, 2.05) is 31.2 Å². The van der Waals surface area contributed by atoms with Crippen LogP contribution in [0.4, 0.5) is 0 Å². The van der Waals surface area contributed by atoms with E-state index in [-0.39, 0.29) is 5.91 Å². The summed E-state index contributed by atoms with van der Waals surface area (Å²) in [6.07, 6.45) is 1.40. The molecule has 3 rings (SSSR count). The first kappa shape index (κ1) is 18.7. The highest BCUT2D eigenvalue weighted by atomic mass is 32.2. The lowest BCUT2D eigenvalue weighted by atomic mass is 10.2. The van der Waals surface area contributed by atoms with Gasteiger partial charge >= 0.3 is 5.97 Å². The number of carbonyl (C=O) groups excluding carboxylic acids is 2. The Kier molecular flexibility index (Phi) is 6.16. The van der Waals surface area contributed by atoms with Gasteiger partial charge in [-0.25, -0.2) is 14.8 Å². The van der Waals surface area contributed by atoms with Crippen molar-refractivity contribution in [1.82, 2.24) is 14.9 Å². The first-order valence-corrected chi connectivity index (χ1v) is 10.2. The lowest BCUT2D eigenvalue weighted by Gasteiger charge is -2.16. The molecule has 2 aromatic rings. The summed E-state index contributed by atoms with van der Waals surface area (Å²) >= 11 is 2.95. The largest absolute Gasteiger partial charge is 0.463 e. The van der Waals surface area contributed by atoms with Gasteiger partial charge in [-0.15, -0.1) is 11.8 Å². The number of rotatable bonds is 6. The van der Waals surface area contributed by atoms with Crippen LogP contribution in [0.3, 0.4) is 0 Å². The van der Waals surface area contributed by atoms with Crippen LogP contribution in [0.1, 0.15) is 12.7 Å². The zero-order valence-electron chi connectivity index (χ0n) is 14.6. The number of hydrogen-bond acceptors (Lipinski definition) is 7. The van der Waals surface area contributed by atoms with Crippen LogP contribution >= 0.6 is 23.5 Å². The lowest BCUT2D eigenvalue weighted by molar-refractivity contribution is -0.137. The van der Waals surface area contributed by atoms with E-state index < -0.39 is 5.97 Å². The number of thioether (sulfide) groups is 2. The quantitative estimate of drug-likeness (QED) is 0.325. The zero-order chi connectivity index (χ0) is 18.5. The summed E-state index contributed by atoms with van der Waals surface area (Å²) in [5.41, 5.74) is 0.915.